The third-order valence-corrected chi connectivity index (χ3v) is 1.68. The molecular weight excluding hydrogens is 136 g/mol. The summed E-state index contributed by atoms with van der Waals surface area (Å²) < 4.78 is 0. The van der Waals surface area contributed by atoms with Crippen LogP contribution in [0.2, 0.25) is 0 Å². The normalized spacial score (nSPS) is 20.4. The van der Waals surface area contributed by atoms with Gasteiger partial charge in [-0.2, -0.15) is 0 Å². The van der Waals surface area contributed by atoms with Crippen LogP contribution < -0.4 is 0 Å². The summed E-state index contributed by atoms with van der Waals surface area (Å²) in [5.74, 6) is 0. The number of hydrogen-bond acceptors (Lipinski definition) is 2. The highest BCUT2D eigenvalue weighted by atomic mass is 15.6. The zero-order chi connectivity index (χ0) is 7.52. The summed E-state index contributed by atoms with van der Waals surface area (Å²) in [4.78, 5) is 0. The molecule has 0 aromatic rings. The third-order valence-electron chi connectivity index (χ3n) is 1.68. The van der Waals surface area contributed by atoms with Crippen molar-refractivity contribution in [2.75, 3.05) is 6.54 Å². The van der Waals surface area contributed by atoms with Gasteiger partial charge in [-0.1, -0.05) is 12.2 Å². The Hall–Kier alpha value is -1.44. The van der Waals surface area contributed by atoms with Crippen LogP contribution in [0.5, 0.6) is 0 Å². The van der Waals surface area contributed by atoms with E-state index in [4.69, 9.17) is 0 Å². The maximum absolute atomic E-state index is 2.12. The van der Waals surface area contributed by atoms with Crippen LogP contribution in [0.4, 0.5) is 0 Å². The zero-order valence-electron chi connectivity index (χ0n) is 6.22. The number of hydrogen-bond donors (Lipinski definition) is 0. The molecule has 0 bridgehead atoms. The van der Waals surface area contributed by atoms with Gasteiger partial charge >= 0.3 is 0 Å². The van der Waals surface area contributed by atoms with E-state index in [2.05, 4.69) is 28.4 Å². The van der Waals surface area contributed by atoms with Gasteiger partial charge in [-0.05, 0) is 18.2 Å². The lowest BCUT2D eigenvalue weighted by atomic mass is 10.4. The Labute approximate surface area is 66.4 Å². The predicted molar refractivity (Wildman–Crippen MR) is 45.1 cm³/mol. The lowest BCUT2D eigenvalue weighted by Gasteiger charge is -2.30. The summed E-state index contributed by atoms with van der Waals surface area (Å²) >= 11 is 0. The molecule has 2 aliphatic heterocycles. The lowest BCUT2D eigenvalue weighted by Crippen LogP contribution is -2.31. The summed E-state index contributed by atoms with van der Waals surface area (Å²) in [7, 11) is 0. The fourth-order valence-corrected chi connectivity index (χ4v) is 1.13. The van der Waals surface area contributed by atoms with Crippen LogP contribution in [0.3, 0.4) is 0 Å². The largest absolute Gasteiger partial charge is 0.285 e. The first-order valence-corrected chi connectivity index (χ1v) is 3.70. The minimum Gasteiger partial charge on any atom is -0.285 e. The summed E-state index contributed by atoms with van der Waals surface area (Å²) in [6, 6.07) is 0. The monoisotopic (exact) mass is 146 g/mol. The van der Waals surface area contributed by atoms with Crippen molar-refractivity contribution in [3.8, 4) is 0 Å². The van der Waals surface area contributed by atoms with Gasteiger partial charge in [-0.3, -0.25) is 10.0 Å². The van der Waals surface area contributed by atoms with Gasteiger partial charge in [0.2, 0.25) is 0 Å². The molecule has 0 atom stereocenters. The van der Waals surface area contributed by atoms with E-state index in [9.17, 15) is 0 Å². The minimum absolute atomic E-state index is 0.938. The van der Waals surface area contributed by atoms with Crippen LogP contribution in [0.25, 0.3) is 0 Å². The molecule has 56 valence electrons. The van der Waals surface area contributed by atoms with Gasteiger partial charge in [0.05, 0.1) is 6.54 Å². The zero-order valence-corrected chi connectivity index (χ0v) is 6.22. The highest BCUT2D eigenvalue weighted by Gasteiger charge is 2.05. The molecule has 0 radical (unpaired) electrons. The van der Waals surface area contributed by atoms with Crippen LogP contribution >= 0.6 is 0 Å². The summed E-state index contributed by atoms with van der Waals surface area (Å²) in [6.07, 6.45) is 16.4. The van der Waals surface area contributed by atoms with E-state index in [1.54, 1.807) is 0 Å². The van der Waals surface area contributed by atoms with Gasteiger partial charge in [0.25, 0.3) is 0 Å². The number of hydrazine groups is 1. The summed E-state index contributed by atoms with van der Waals surface area (Å²) in [6.45, 7) is 0.938. The molecule has 0 amide bonds. The average Bonchev–Trinajstić information content (AvgIpc) is 2.28. The first kappa shape index (κ1) is 6.28. The van der Waals surface area contributed by atoms with Crippen molar-refractivity contribution in [3.63, 3.8) is 0 Å². The van der Waals surface area contributed by atoms with Gasteiger partial charge in [0.1, 0.15) is 0 Å². The van der Waals surface area contributed by atoms with Crippen molar-refractivity contribution < 1.29 is 0 Å². The molecule has 0 aliphatic carbocycles. The summed E-state index contributed by atoms with van der Waals surface area (Å²) in [5, 5.41) is 4.18. The quantitative estimate of drug-likeness (QED) is 0.512. The smallest absolute Gasteiger partial charge is 0.0576 e. The van der Waals surface area contributed by atoms with E-state index in [0.29, 0.717) is 0 Å². The van der Waals surface area contributed by atoms with Crippen molar-refractivity contribution >= 4 is 0 Å². The van der Waals surface area contributed by atoms with Crippen molar-refractivity contribution in [1.29, 1.82) is 0 Å². The maximum atomic E-state index is 2.12. The fourth-order valence-electron chi connectivity index (χ4n) is 1.13. The SMILES string of the molecule is C1=CCN2C=CC=CN2C=C1. The standard InChI is InChI=1S/C9H10N2/c1-2-6-10-8-4-5-9-11(10)7-3-1/h1-6,8-9H,7H2. The second kappa shape index (κ2) is 2.66. The molecule has 0 fully saturated rings. The molecule has 0 unspecified atom stereocenters. The molecule has 0 aromatic heterocycles. The molecule has 2 aliphatic rings. The molecule has 0 N–H and O–H groups in total. The van der Waals surface area contributed by atoms with E-state index in [1.807, 2.05) is 30.6 Å². The van der Waals surface area contributed by atoms with Crippen molar-refractivity contribution in [1.82, 2.24) is 10.0 Å². The van der Waals surface area contributed by atoms with E-state index in [0.717, 1.165) is 6.54 Å². The Morgan fingerprint density at radius 3 is 2.45 bits per heavy atom. The van der Waals surface area contributed by atoms with Crippen molar-refractivity contribution in [2.24, 2.45) is 0 Å². The van der Waals surface area contributed by atoms with Crippen molar-refractivity contribution in [2.45, 2.75) is 0 Å². The molecule has 0 spiro atoms. The van der Waals surface area contributed by atoms with Crippen LogP contribution in [0.1, 0.15) is 0 Å². The number of nitrogens with zero attached hydrogens (tertiary/aromatic N) is 2. The Balaban J connectivity index is 2.23. The van der Waals surface area contributed by atoms with Gasteiger partial charge in [0.15, 0.2) is 0 Å². The molecular formula is C9H10N2. The molecule has 11 heavy (non-hydrogen) atoms. The van der Waals surface area contributed by atoms with E-state index in [-0.39, 0.29) is 0 Å². The molecule has 0 saturated heterocycles. The highest BCUT2D eigenvalue weighted by Crippen LogP contribution is 2.09. The first-order chi connectivity index (χ1) is 5.47. The topological polar surface area (TPSA) is 6.48 Å². The maximum Gasteiger partial charge on any atom is 0.0576 e. The van der Waals surface area contributed by atoms with E-state index in [1.165, 1.54) is 0 Å². The Bertz CT molecular complexity index is 248. The predicted octanol–water partition coefficient (Wildman–Crippen LogP) is 1.63. The van der Waals surface area contributed by atoms with E-state index < -0.39 is 0 Å². The molecule has 0 aromatic carbocycles. The highest BCUT2D eigenvalue weighted by molar-refractivity contribution is 5.14. The van der Waals surface area contributed by atoms with E-state index >= 15 is 0 Å². The number of allylic oxidation sites excluding steroid dienone is 4. The Morgan fingerprint density at radius 1 is 0.818 bits per heavy atom. The summed E-state index contributed by atoms with van der Waals surface area (Å²) in [5.41, 5.74) is 0. The molecule has 2 heteroatoms. The van der Waals surface area contributed by atoms with Crippen molar-refractivity contribution in [3.05, 3.63) is 49.0 Å². The van der Waals surface area contributed by atoms with Crippen LogP contribution in [-0.2, 0) is 0 Å². The van der Waals surface area contributed by atoms with Crippen LogP contribution in [0, 0.1) is 0 Å². The second-order valence-electron chi connectivity index (χ2n) is 2.45. The number of fused-ring (bicyclic) bond motifs is 1. The second-order valence-corrected chi connectivity index (χ2v) is 2.45. The Morgan fingerprint density at radius 2 is 1.55 bits per heavy atom. The minimum atomic E-state index is 0.938. The average molecular weight is 146 g/mol. The van der Waals surface area contributed by atoms with Gasteiger partial charge < -0.3 is 0 Å². The van der Waals surface area contributed by atoms with Gasteiger partial charge in [-0.15, -0.1) is 0 Å². The first-order valence-electron chi connectivity index (χ1n) is 3.70. The van der Waals surface area contributed by atoms with Crippen LogP contribution in [-0.4, -0.2) is 16.6 Å². The Kier molecular flexibility index (Phi) is 1.52. The van der Waals surface area contributed by atoms with Gasteiger partial charge in [-0.25, -0.2) is 0 Å². The molecule has 2 nitrogen and oxygen atoms in total. The molecule has 2 rings (SSSR count). The third kappa shape index (κ3) is 1.19. The lowest BCUT2D eigenvalue weighted by molar-refractivity contribution is 0.149. The number of rotatable bonds is 0. The van der Waals surface area contributed by atoms with Gasteiger partial charge in [0, 0.05) is 18.6 Å². The molecule has 0 saturated carbocycles. The molecule has 2 heterocycles. The fraction of sp³-hybridized carbons (Fsp3) is 0.111. The van der Waals surface area contributed by atoms with Crippen LogP contribution in [0.15, 0.2) is 49.0 Å².